The van der Waals surface area contributed by atoms with Crippen molar-refractivity contribution in [1.29, 1.82) is 0 Å². The van der Waals surface area contributed by atoms with Crippen LogP contribution in [0.1, 0.15) is 27.7 Å². The number of hydrogen-bond donors (Lipinski definition) is 1. The van der Waals surface area contributed by atoms with Crippen LogP contribution in [0.2, 0.25) is 0 Å². The van der Waals surface area contributed by atoms with Crippen molar-refractivity contribution in [3.8, 4) is 0 Å². The van der Waals surface area contributed by atoms with Crippen LogP contribution in [0, 0.1) is 0 Å². The number of nitrogens with one attached hydrogen (secondary N) is 1. The molecule has 0 saturated heterocycles. The minimum absolute atomic E-state index is 0. The Hall–Kier alpha value is 1.56. The molecule has 0 rings (SSSR count). The van der Waals surface area contributed by atoms with Gasteiger partial charge < -0.3 is 5.32 Å². The zero-order valence-corrected chi connectivity index (χ0v) is 5.65. The van der Waals surface area contributed by atoms with Crippen LogP contribution < -0.4 is 5.32 Å². The van der Waals surface area contributed by atoms with Crippen LogP contribution in [0.3, 0.4) is 0 Å². The van der Waals surface area contributed by atoms with Gasteiger partial charge in [-0.25, -0.2) is 0 Å². The zero-order chi connectivity index (χ0) is 5.86. The first kappa shape index (κ1) is 16.9. The monoisotopic (exact) mass is 133 g/mol. The molecule has 0 amide bonds. The van der Waals surface area contributed by atoms with Gasteiger partial charge in [-0.1, -0.05) is 27.7 Å². The van der Waals surface area contributed by atoms with Crippen molar-refractivity contribution in [2.45, 2.75) is 39.8 Å². The normalized spacial score (nSPS) is 8.67. The van der Waals surface area contributed by atoms with Gasteiger partial charge in [-0.15, -0.1) is 0 Å². The second kappa shape index (κ2) is 9.56. The quantitative estimate of drug-likeness (QED) is 0.527. The van der Waals surface area contributed by atoms with Crippen molar-refractivity contribution in [3.63, 3.8) is 0 Å². The van der Waals surface area contributed by atoms with E-state index < -0.39 is 0 Å². The van der Waals surface area contributed by atoms with Gasteiger partial charge in [0, 0.05) is 12.1 Å². The predicted molar refractivity (Wildman–Crippen MR) is 47.7 cm³/mol. The van der Waals surface area contributed by atoms with Crippen LogP contribution in [0.15, 0.2) is 0 Å². The summed E-state index contributed by atoms with van der Waals surface area (Å²) in [7, 11) is 0. The van der Waals surface area contributed by atoms with Gasteiger partial charge in [0.2, 0.25) is 0 Å². The van der Waals surface area contributed by atoms with E-state index in [1.54, 1.807) is 0 Å². The summed E-state index contributed by atoms with van der Waals surface area (Å²) in [6.45, 7) is 8.61. The maximum atomic E-state index is 3.31. The molecule has 48 valence electrons. The molecular weight excluding hydrogens is 116 g/mol. The summed E-state index contributed by atoms with van der Waals surface area (Å²) in [6, 6.07) is 1.25. The summed E-state index contributed by atoms with van der Waals surface area (Å²) in [4.78, 5) is 0. The predicted octanol–water partition coefficient (Wildman–Crippen LogP) is 0.0958. The van der Waals surface area contributed by atoms with Crippen LogP contribution in [0.5, 0.6) is 0 Å². The van der Waals surface area contributed by atoms with Crippen LogP contribution in [0.4, 0.5) is 0 Å². The summed E-state index contributed by atoms with van der Waals surface area (Å²) in [6.07, 6.45) is 0. The van der Waals surface area contributed by atoms with Crippen LogP contribution in [-0.4, -0.2) is 60.5 Å². The molecule has 9 heavy (non-hydrogen) atoms. The summed E-state index contributed by atoms with van der Waals surface area (Å²) in [5.74, 6) is 0. The number of hydrogen-bond acceptors (Lipinski definition) is 1. The van der Waals surface area contributed by atoms with Gasteiger partial charge in [0.05, 0.1) is 0 Å². The van der Waals surface area contributed by atoms with Crippen LogP contribution >= 0.6 is 0 Å². The van der Waals surface area contributed by atoms with Crippen molar-refractivity contribution < 1.29 is 0 Å². The fourth-order valence-electron chi connectivity index (χ4n) is 0.667. The van der Waals surface area contributed by atoms with Crippen molar-refractivity contribution >= 4 is 48.4 Å². The molecule has 0 radical (unpaired) electrons. The van der Waals surface area contributed by atoms with E-state index in [2.05, 4.69) is 33.0 Å². The first-order valence-corrected chi connectivity index (χ1v) is 2.89. The van der Waals surface area contributed by atoms with Crippen molar-refractivity contribution in [1.82, 2.24) is 5.32 Å². The summed E-state index contributed by atoms with van der Waals surface area (Å²) in [5, 5.41) is 3.31. The third kappa shape index (κ3) is 17.7. The summed E-state index contributed by atoms with van der Waals surface area (Å²) >= 11 is 0. The molecule has 0 unspecified atom stereocenters. The molecule has 0 aromatic rings. The van der Waals surface area contributed by atoms with Gasteiger partial charge in [-0.05, 0) is 0 Å². The molecule has 0 aliphatic rings. The second-order valence-corrected chi connectivity index (χ2v) is 2.48. The Bertz CT molecular complexity index is 42.3. The van der Waals surface area contributed by atoms with E-state index in [4.69, 9.17) is 0 Å². The van der Waals surface area contributed by atoms with Crippen LogP contribution in [-0.2, 0) is 0 Å². The molecular formula is C6H17LiNNa. The van der Waals surface area contributed by atoms with E-state index in [9.17, 15) is 0 Å². The topological polar surface area (TPSA) is 12.0 Å². The molecule has 0 fully saturated rings. The SMILES string of the molecule is CC(C)NC(C)C.[LiH].[NaH]. The van der Waals surface area contributed by atoms with Crippen molar-refractivity contribution in [2.24, 2.45) is 0 Å². The maximum absolute atomic E-state index is 3.31. The van der Waals surface area contributed by atoms with E-state index in [0.717, 1.165) is 0 Å². The fraction of sp³-hybridized carbons (Fsp3) is 1.00. The molecule has 1 N–H and O–H groups in total. The van der Waals surface area contributed by atoms with Gasteiger partial charge in [0.25, 0.3) is 0 Å². The molecule has 3 heteroatoms. The first-order chi connectivity index (χ1) is 3.13. The number of rotatable bonds is 2. The summed E-state index contributed by atoms with van der Waals surface area (Å²) < 4.78 is 0. The molecule has 0 aromatic carbocycles. The van der Waals surface area contributed by atoms with E-state index in [-0.39, 0.29) is 48.4 Å². The molecule has 0 spiro atoms. The van der Waals surface area contributed by atoms with E-state index >= 15 is 0 Å². The van der Waals surface area contributed by atoms with Gasteiger partial charge in [-0.3, -0.25) is 0 Å². The van der Waals surface area contributed by atoms with E-state index in [1.807, 2.05) is 0 Å². The Balaban J connectivity index is -0.000000180. The average molecular weight is 133 g/mol. The van der Waals surface area contributed by atoms with Crippen molar-refractivity contribution in [3.05, 3.63) is 0 Å². The Morgan fingerprint density at radius 3 is 1.11 bits per heavy atom. The van der Waals surface area contributed by atoms with Gasteiger partial charge in [0.1, 0.15) is 0 Å². The van der Waals surface area contributed by atoms with Gasteiger partial charge >= 0.3 is 48.4 Å². The molecule has 0 heterocycles. The van der Waals surface area contributed by atoms with Crippen LogP contribution in [0.25, 0.3) is 0 Å². The van der Waals surface area contributed by atoms with Crippen molar-refractivity contribution in [2.75, 3.05) is 0 Å². The Kier molecular flexibility index (Phi) is 17.9. The Labute approximate surface area is 92.8 Å². The molecule has 1 nitrogen and oxygen atoms in total. The third-order valence-electron chi connectivity index (χ3n) is 0.667. The molecule has 0 aliphatic heterocycles. The second-order valence-electron chi connectivity index (χ2n) is 2.48. The standard InChI is InChI=1S/C6H15N.Li.Na.2H/c1-5(2)7-6(3)4;;;;/h5-7H,1-4H3;;;;. The van der Waals surface area contributed by atoms with Gasteiger partial charge in [-0.2, -0.15) is 0 Å². The molecule has 0 saturated carbocycles. The third-order valence-corrected chi connectivity index (χ3v) is 0.667. The van der Waals surface area contributed by atoms with E-state index in [1.165, 1.54) is 0 Å². The molecule has 0 atom stereocenters. The molecule has 0 bridgehead atoms. The molecule has 0 aromatic heterocycles. The average Bonchev–Trinajstić information content (AvgIpc) is 1.27. The van der Waals surface area contributed by atoms with E-state index in [0.29, 0.717) is 12.1 Å². The fourth-order valence-corrected chi connectivity index (χ4v) is 0.667. The minimum atomic E-state index is 0. The van der Waals surface area contributed by atoms with Gasteiger partial charge in [0.15, 0.2) is 0 Å². The summed E-state index contributed by atoms with van der Waals surface area (Å²) in [5.41, 5.74) is 0. The first-order valence-electron chi connectivity index (χ1n) is 2.89. The zero-order valence-electron chi connectivity index (χ0n) is 5.65. The Morgan fingerprint density at radius 1 is 0.889 bits per heavy atom. The Morgan fingerprint density at radius 2 is 1.11 bits per heavy atom. The molecule has 0 aliphatic carbocycles.